The van der Waals surface area contributed by atoms with Crippen LogP contribution in [0.5, 0.6) is 0 Å². The zero-order valence-electron chi connectivity index (χ0n) is 13.0. The van der Waals surface area contributed by atoms with Crippen LogP contribution < -0.4 is 10.6 Å². The van der Waals surface area contributed by atoms with Gasteiger partial charge in [-0.05, 0) is 36.4 Å². The highest BCUT2D eigenvalue weighted by atomic mass is 16.1. The van der Waals surface area contributed by atoms with Gasteiger partial charge in [0.2, 0.25) is 0 Å². The predicted molar refractivity (Wildman–Crippen MR) is 91.2 cm³/mol. The second-order valence-corrected chi connectivity index (χ2v) is 5.11. The van der Waals surface area contributed by atoms with Crippen LogP contribution in [0.4, 0.5) is 5.69 Å². The molecule has 0 fully saturated rings. The number of nitrogens with zero attached hydrogens (tertiary/aromatic N) is 3. The number of pyridine rings is 3. The lowest BCUT2D eigenvalue weighted by molar-refractivity contribution is 0.0945. The topological polar surface area (TPSA) is 79.8 Å². The van der Waals surface area contributed by atoms with E-state index in [1.54, 1.807) is 24.7 Å². The van der Waals surface area contributed by atoms with Crippen molar-refractivity contribution in [2.24, 2.45) is 0 Å². The Morgan fingerprint density at radius 3 is 2.21 bits per heavy atom. The Morgan fingerprint density at radius 2 is 1.54 bits per heavy atom. The van der Waals surface area contributed by atoms with Crippen LogP contribution >= 0.6 is 0 Å². The number of rotatable bonds is 6. The zero-order chi connectivity index (χ0) is 16.6. The highest BCUT2D eigenvalue weighted by molar-refractivity contribution is 5.93. The molecule has 2 N–H and O–H groups in total. The van der Waals surface area contributed by atoms with Gasteiger partial charge in [-0.15, -0.1) is 0 Å². The maximum absolute atomic E-state index is 12.2. The van der Waals surface area contributed by atoms with Crippen LogP contribution in [0.3, 0.4) is 0 Å². The van der Waals surface area contributed by atoms with Gasteiger partial charge in [-0.25, -0.2) is 0 Å². The van der Waals surface area contributed by atoms with E-state index < -0.39 is 0 Å². The van der Waals surface area contributed by atoms with Crippen molar-refractivity contribution in [1.29, 1.82) is 0 Å². The van der Waals surface area contributed by atoms with Gasteiger partial charge in [0.25, 0.3) is 5.91 Å². The van der Waals surface area contributed by atoms with Gasteiger partial charge < -0.3 is 10.6 Å². The molecule has 0 aromatic carbocycles. The first-order chi connectivity index (χ1) is 11.8. The number of amides is 1. The first-order valence-electron chi connectivity index (χ1n) is 7.59. The first-order valence-corrected chi connectivity index (χ1v) is 7.59. The van der Waals surface area contributed by atoms with E-state index in [1.165, 1.54) is 0 Å². The zero-order valence-corrected chi connectivity index (χ0v) is 13.0. The van der Waals surface area contributed by atoms with Crippen LogP contribution in [0.15, 0.2) is 67.1 Å². The van der Waals surface area contributed by atoms with Crippen LogP contribution in [-0.2, 0) is 13.1 Å². The molecule has 120 valence electrons. The molecule has 3 aromatic rings. The van der Waals surface area contributed by atoms with Crippen molar-refractivity contribution < 1.29 is 4.79 Å². The molecule has 0 atom stereocenters. The summed E-state index contributed by atoms with van der Waals surface area (Å²) in [5.74, 6) is -0.234. The maximum atomic E-state index is 12.2. The van der Waals surface area contributed by atoms with Gasteiger partial charge in [0, 0.05) is 24.3 Å². The Balaban J connectivity index is 1.59. The molecule has 3 heterocycles. The third-order valence-electron chi connectivity index (χ3n) is 3.35. The van der Waals surface area contributed by atoms with Crippen molar-refractivity contribution in [3.05, 3.63) is 84.2 Å². The summed E-state index contributed by atoms with van der Waals surface area (Å²) < 4.78 is 0. The Labute approximate surface area is 140 Å². The van der Waals surface area contributed by atoms with E-state index in [0.717, 1.165) is 17.1 Å². The molecular formula is C18H17N5O. The molecule has 3 aromatic heterocycles. The summed E-state index contributed by atoms with van der Waals surface area (Å²) in [4.78, 5) is 24.7. The summed E-state index contributed by atoms with van der Waals surface area (Å²) >= 11 is 0. The standard InChI is InChI=1S/C18H17N5O/c24-18(23-13-16-6-2-4-9-20-16)17-11-14(7-10-21-17)22-12-15-5-1-3-8-19-15/h1-11H,12-13H2,(H,21,22)(H,23,24). The van der Waals surface area contributed by atoms with Crippen molar-refractivity contribution in [2.45, 2.75) is 13.1 Å². The Kier molecular flexibility index (Phi) is 5.09. The predicted octanol–water partition coefficient (Wildman–Crippen LogP) is 2.41. The van der Waals surface area contributed by atoms with Crippen molar-refractivity contribution in [3.8, 4) is 0 Å². The molecule has 0 saturated carbocycles. The van der Waals surface area contributed by atoms with Crippen molar-refractivity contribution in [2.75, 3.05) is 5.32 Å². The van der Waals surface area contributed by atoms with Gasteiger partial charge >= 0.3 is 0 Å². The quantitative estimate of drug-likeness (QED) is 0.729. The van der Waals surface area contributed by atoms with E-state index in [1.807, 2.05) is 42.5 Å². The van der Waals surface area contributed by atoms with Crippen LogP contribution in [0.25, 0.3) is 0 Å². The van der Waals surface area contributed by atoms with Gasteiger partial charge in [0.1, 0.15) is 5.69 Å². The molecule has 0 aliphatic heterocycles. The lowest BCUT2D eigenvalue weighted by Gasteiger charge is -2.08. The summed E-state index contributed by atoms with van der Waals surface area (Å²) in [6.45, 7) is 0.951. The van der Waals surface area contributed by atoms with Crippen LogP contribution in [0, 0.1) is 0 Å². The molecule has 0 aliphatic carbocycles. The Bertz CT molecular complexity index is 793. The molecule has 0 bridgehead atoms. The summed E-state index contributed by atoms with van der Waals surface area (Å²) in [7, 11) is 0. The highest BCUT2D eigenvalue weighted by Gasteiger charge is 2.08. The monoisotopic (exact) mass is 319 g/mol. The number of hydrogen-bond acceptors (Lipinski definition) is 5. The normalized spacial score (nSPS) is 10.2. The molecule has 0 radical (unpaired) electrons. The second-order valence-electron chi connectivity index (χ2n) is 5.11. The first kappa shape index (κ1) is 15.6. The SMILES string of the molecule is O=C(NCc1ccccn1)c1cc(NCc2ccccn2)ccn1. The fourth-order valence-electron chi connectivity index (χ4n) is 2.12. The Hall–Kier alpha value is -3.28. The number of anilines is 1. The smallest absolute Gasteiger partial charge is 0.270 e. The Morgan fingerprint density at radius 1 is 0.833 bits per heavy atom. The second kappa shape index (κ2) is 7.82. The van der Waals surface area contributed by atoms with E-state index in [0.29, 0.717) is 18.8 Å². The third kappa shape index (κ3) is 4.36. The van der Waals surface area contributed by atoms with Gasteiger partial charge in [0.15, 0.2) is 0 Å². The average Bonchev–Trinajstić information content (AvgIpc) is 2.66. The lowest BCUT2D eigenvalue weighted by atomic mass is 10.2. The molecule has 6 nitrogen and oxygen atoms in total. The molecule has 6 heteroatoms. The van der Waals surface area contributed by atoms with Crippen molar-refractivity contribution >= 4 is 11.6 Å². The van der Waals surface area contributed by atoms with Crippen LogP contribution in [-0.4, -0.2) is 20.9 Å². The minimum absolute atomic E-state index is 0.234. The summed E-state index contributed by atoms with van der Waals surface area (Å²) in [6, 6.07) is 14.9. The van der Waals surface area contributed by atoms with E-state index in [-0.39, 0.29) is 5.91 Å². The van der Waals surface area contributed by atoms with E-state index in [9.17, 15) is 4.79 Å². The van der Waals surface area contributed by atoms with Crippen molar-refractivity contribution in [1.82, 2.24) is 20.3 Å². The average molecular weight is 319 g/mol. The van der Waals surface area contributed by atoms with Gasteiger partial charge in [-0.1, -0.05) is 12.1 Å². The molecular weight excluding hydrogens is 302 g/mol. The van der Waals surface area contributed by atoms with Gasteiger partial charge in [-0.3, -0.25) is 19.7 Å². The summed E-state index contributed by atoms with van der Waals surface area (Å²) in [6.07, 6.45) is 5.05. The molecule has 1 amide bonds. The molecule has 0 unspecified atom stereocenters. The number of aromatic nitrogens is 3. The fraction of sp³-hybridized carbons (Fsp3) is 0.111. The van der Waals surface area contributed by atoms with E-state index in [2.05, 4.69) is 25.6 Å². The minimum atomic E-state index is -0.234. The molecule has 24 heavy (non-hydrogen) atoms. The third-order valence-corrected chi connectivity index (χ3v) is 3.35. The lowest BCUT2D eigenvalue weighted by Crippen LogP contribution is -2.24. The number of carbonyl (C=O) groups is 1. The maximum Gasteiger partial charge on any atom is 0.270 e. The molecule has 0 aliphatic rings. The minimum Gasteiger partial charge on any atom is -0.379 e. The molecule has 0 spiro atoms. The summed E-state index contributed by atoms with van der Waals surface area (Å²) in [5.41, 5.74) is 2.90. The summed E-state index contributed by atoms with van der Waals surface area (Å²) in [5, 5.41) is 6.05. The largest absolute Gasteiger partial charge is 0.379 e. The molecule has 0 saturated heterocycles. The van der Waals surface area contributed by atoms with Crippen molar-refractivity contribution in [3.63, 3.8) is 0 Å². The highest BCUT2D eigenvalue weighted by Crippen LogP contribution is 2.09. The van der Waals surface area contributed by atoms with Gasteiger partial charge in [-0.2, -0.15) is 0 Å². The number of hydrogen-bond donors (Lipinski definition) is 2. The van der Waals surface area contributed by atoms with E-state index in [4.69, 9.17) is 0 Å². The van der Waals surface area contributed by atoms with Crippen LogP contribution in [0.1, 0.15) is 21.9 Å². The molecule has 3 rings (SSSR count). The van der Waals surface area contributed by atoms with E-state index >= 15 is 0 Å². The number of nitrogens with one attached hydrogen (secondary N) is 2. The fourth-order valence-corrected chi connectivity index (χ4v) is 2.12. The van der Waals surface area contributed by atoms with Crippen LogP contribution in [0.2, 0.25) is 0 Å². The number of carbonyl (C=O) groups excluding carboxylic acids is 1. The van der Waals surface area contributed by atoms with Gasteiger partial charge in [0.05, 0.1) is 24.5 Å².